The van der Waals surface area contributed by atoms with Crippen LogP contribution in [-0.4, -0.2) is 36.8 Å². The lowest BCUT2D eigenvalue weighted by molar-refractivity contribution is 0.235. The van der Waals surface area contributed by atoms with Crippen molar-refractivity contribution in [3.05, 3.63) is 0 Å². The molecule has 0 aromatic carbocycles. The summed E-state index contributed by atoms with van der Waals surface area (Å²) < 4.78 is 0. The van der Waals surface area contributed by atoms with Crippen LogP contribution in [0.1, 0.15) is 0 Å². The maximum atomic E-state index is 8.78. The van der Waals surface area contributed by atoms with E-state index in [1.165, 1.54) is 13.1 Å². The maximum absolute atomic E-state index is 8.78. The molecule has 1 saturated heterocycles. The molecule has 52 valence electrons. The van der Waals surface area contributed by atoms with E-state index in [-0.39, 0.29) is 0 Å². The molecule has 0 bridgehead atoms. The zero-order valence-electron chi connectivity index (χ0n) is 5.75. The molecular formula is C7H13NO. The van der Waals surface area contributed by atoms with Crippen molar-refractivity contribution in [3.63, 3.8) is 0 Å². The summed E-state index contributed by atoms with van der Waals surface area (Å²) in [6.07, 6.45) is 0. The highest BCUT2D eigenvalue weighted by molar-refractivity contribution is 5.03. The Kier molecular flexibility index (Phi) is 1.08. The molecule has 0 aromatic heterocycles. The largest absolute Gasteiger partial charge is 0.396 e. The average Bonchev–Trinajstić information content (AvgIpc) is 2.30. The van der Waals surface area contributed by atoms with Crippen molar-refractivity contribution in [2.24, 2.45) is 17.8 Å². The van der Waals surface area contributed by atoms with Gasteiger partial charge in [0.15, 0.2) is 0 Å². The van der Waals surface area contributed by atoms with Crippen LogP contribution < -0.4 is 0 Å². The lowest BCUT2D eigenvalue weighted by Gasteiger charge is -2.10. The van der Waals surface area contributed by atoms with E-state index in [9.17, 15) is 0 Å². The van der Waals surface area contributed by atoms with Gasteiger partial charge in [0.1, 0.15) is 0 Å². The standard InChI is InChI=1S/C7H13NO/c1-8-2-5-6(3-8)7(5)4-9/h5-7,9H,2-4H2,1H3/t5-,6+,7?. The van der Waals surface area contributed by atoms with Crippen molar-refractivity contribution in [1.29, 1.82) is 0 Å². The Hall–Kier alpha value is -0.0800. The van der Waals surface area contributed by atoms with E-state index in [1.54, 1.807) is 0 Å². The third-order valence-corrected chi connectivity index (χ3v) is 2.76. The molecule has 2 heteroatoms. The quantitative estimate of drug-likeness (QED) is 0.526. The molecule has 1 aliphatic heterocycles. The van der Waals surface area contributed by atoms with Gasteiger partial charge in [0.2, 0.25) is 0 Å². The van der Waals surface area contributed by atoms with E-state index >= 15 is 0 Å². The summed E-state index contributed by atoms with van der Waals surface area (Å²) in [6.45, 7) is 2.86. The van der Waals surface area contributed by atoms with Gasteiger partial charge < -0.3 is 10.0 Å². The van der Waals surface area contributed by atoms with Crippen LogP contribution in [0.25, 0.3) is 0 Å². The molecule has 2 fully saturated rings. The minimum atomic E-state index is 0.420. The number of fused-ring (bicyclic) bond motifs is 1. The van der Waals surface area contributed by atoms with Gasteiger partial charge in [-0.15, -0.1) is 0 Å². The van der Waals surface area contributed by atoms with Crippen molar-refractivity contribution in [1.82, 2.24) is 4.90 Å². The normalized spacial score (nSPS) is 49.3. The van der Waals surface area contributed by atoms with Crippen molar-refractivity contribution < 1.29 is 5.11 Å². The number of rotatable bonds is 1. The molecule has 3 atom stereocenters. The predicted molar refractivity (Wildman–Crippen MR) is 35.1 cm³/mol. The highest BCUT2D eigenvalue weighted by atomic mass is 16.3. The Balaban J connectivity index is 1.91. The Bertz CT molecular complexity index is 114. The first-order valence-corrected chi connectivity index (χ1v) is 3.62. The molecule has 2 rings (SSSR count). The second-order valence-electron chi connectivity index (χ2n) is 3.40. The van der Waals surface area contributed by atoms with Gasteiger partial charge in [-0.1, -0.05) is 0 Å². The molecule has 2 aliphatic rings. The predicted octanol–water partition coefficient (Wildman–Crippen LogP) is -0.214. The number of nitrogens with zero attached hydrogens (tertiary/aromatic N) is 1. The van der Waals surface area contributed by atoms with E-state index in [2.05, 4.69) is 11.9 Å². The summed E-state index contributed by atoms with van der Waals surface area (Å²) >= 11 is 0. The van der Waals surface area contributed by atoms with Crippen molar-refractivity contribution in [3.8, 4) is 0 Å². The molecule has 0 amide bonds. The molecule has 1 saturated carbocycles. The van der Waals surface area contributed by atoms with E-state index in [4.69, 9.17) is 5.11 Å². The van der Waals surface area contributed by atoms with Crippen molar-refractivity contribution in [2.45, 2.75) is 0 Å². The summed E-state index contributed by atoms with van der Waals surface area (Å²) in [4.78, 5) is 2.35. The number of aliphatic hydroxyl groups excluding tert-OH is 1. The summed E-state index contributed by atoms with van der Waals surface area (Å²) in [7, 11) is 2.15. The molecule has 1 aliphatic carbocycles. The van der Waals surface area contributed by atoms with Gasteiger partial charge in [-0.2, -0.15) is 0 Å². The third-order valence-electron chi connectivity index (χ3n) is 2.76. The Morgan fingerprint density at radius 1 is 1.44 bits per heavy atom. The molecule has 0 aromatic rings. The molecule has 1 unspecified atom stereocenters. The zero-order valence-corrected chi connectivity index (χ0v) is 5.75. The molecule has 0 spiro atoms. The van der Waals surface area contributed by atoms with Crippen LogP contribution in [0.2, 0.25) is 0 Å². The number of hydrogen-bond acceptors (Lipinski definition) is 2. The van der Waals surface area contributed by atoms with Crippen molar-refractivity contribution >= 4 is 0 Å². The highest BCUT2D eigenvalue weighted by Gasteiger charge is 2.53. The fourth-order valence-corrected chi connectivity index (χ4v) is 2.13. The monoisotopic (exact) mass is 127 g/mol. The third kappa shape index (κ3) is 0.700. The van der Waals surface area contributed by atoms with Crippen molar-refractivity contribution in [2.75, 3.05) is 26.7 Å². The van der Waals surface area contributed by atoms with Crippen LogP contribution in [0, 0.1) is 17.8 Å². The van der Waals surface area contributed by atoms with Gasteiger partial charge >= 0.3 is 0 Å². The maximum Gasteiger partial charge on any atom is 0.0465 e. The molecule has 2 nitrogen and oxygen atoms in total. The minimum absolute atomic E-state index is 0.420. The van der Waals surface area contributed by atoms with E-state index < -0.39 is 0 Å². The Morgan fingerprint density at radius 3 is 2.44 bits per heavy atom. The van der Waals surface area contributed by atoms with Crippen LogP contribution >= 0.6 is 0 Å². The first kappa shape index (κ1) is 5.69. The lowest BCUT2D eigenvalue weighted by atomic mass is 10.3. The van der Waals surface area contributed by atoms with Gasteiger partial charge in [0, 0.05) is 19.7 Å². The van der Waals surface area contributed by atoms with E-state index in [0.29, 0.717) is 12.5 Å². The number of aliphatic hydroxyl groups is 1. The fourth-order valence-electron chi connectivity index (χ4n) is 2.13. The molecule has 1 heterocycles. The van der Waals surface area contributed by atoms with Gasteiger partial charge in [0.25, 0.3) is 0 Å². The lowest BCUT2D eigenvalue weighted by Crippen LogP contribution is -2.19. The Labute approximate surface area is 55.5 Å². The first-order valence-electron chi connectivity index (χ1n) is 3.62. The summed E-state index contributed by atoms with van der Waals surface area (Å²) in [5, 5.41) is 8.78. The van der Waals surface area contributed by atoms with Gasteiger partial charge in [-0.3, -0.25) is 0 Å². The summed E-state index contributed by atoms with van der Waals surface area (Å²) in [6, 6.07) is 0. The van der Waals surface area contributed by atoms with Crippen LogP contribution in [-0.2, 0) is 0 Å². The number of likely N-dealkylation sites (tertiary alicyclic amines) is 1. The number of hydrogen-bond donors (Lipinski definition) is 1. The van der Waals surface area contributed by atoms with E-state index in [1.807, 2.05) is 0 Å². The van der Waals surface area contributed by atoms with Crippen LogP contribution in [0.5, 0.6) is 0 Å². The molecular weight excluding hydrogens is 114 g/mol. The smallest absolute Gasteiger partial charge is 0.0465 e. The minimum Gasteiger partial charge on any atom is -0.396 e. The van der Waals surface area contributed by atoms with Gasteiger partial charge in [0.05, 0.1) is 0 Å². The highest BCUT2D eigenvalue weighted by Crippen LogP contribution is 2.50. The van der Waals surface area contributed by atoms with E-state index in [0.717, 1.165) is 11.8 Å². The van der Waals surface area contributed by atoms with Crippen LogP contribution in [0.4, 0.5) is 0 Å². The number of piperidine rings is 1. The fraction of sp³-hybridized carbons (Fsp3) is 1.00. The second-order valence-corrected chi connectivity index (χ2v) is 3.40. The topological polar surface area (TPSA) is 23.5 Å². The Morgan fingerprint density at radius 2 is 2.00 bits per heavy atom. The average molecular weight is 127 g/mol. The first-order chi connectivity index (χ1) is 4.33. The molecule has 1 N–H and O–H groups in total. The van der Waals surface area contributed by atoms with Gasteiger partial charge in [-0.25, -0.2) is 0 Å². The SMILES string of the molecule is CN1C[C@@H]2C(CO)[C@@H]2C1. The second kappa shape index (κ2) is 1.70. The zero-order chi connectivity index (χ0) is 6.43. The van der Waals surface area contributed by atoms with Crippen LogP contribution in [0.3, 0.4) is 0 Å². The summed E-state index contributed by atoms with van der Waals surface area (Å²) in [5.41, 5.74) is 0. The molecule has 0 radical (unpaired) electrons. The summed E-state index contributed by atoms with van der Waals surface area (Å²) in [5.74, 6) is 2.36. The van der Waals surface area contributed by atoms with Crippen LogP contribution in [0.15, 0.2) is 0 Å². The van der Waals surface area contributed by atoms with Gasteiger partial charge in [-0.05, 0) is 24.8 Å². The molecule has 9 heavy (non-hydrogen) atoms.